The Bertz CT molecular complexity index is 1080. The molecule has 2 aliphatic rings. The molecule has 0 unspecified atom stereocenters. The molecule has 0 saturated carbocycles. The van der Waals surface area contributed by atoms with Crippen molar-refractivity contribution in [1.82, 2.24) is 15.3 Å². The van der Waals surface area contributed by atoms with Gasteiger partial charge in [0.15, 0.2) is 0 Å². The average Bonchev–Trinajstić information content (AvgIpc) is 3.09. The molecule has 2 atom stereocenters. The van der Waals surface area contributed by atoms with Gasteiger partial charge in [-0.05, 0) is 62.4 Å². The number of nitrogens with zero attached hydrogens (tertiary/aromatic N) is 4. The van der Waals surface area contributed by atoms with Crippen LogP contribution in [0, 0.1) is 30.1 Å². The molecule has 3 aromatic rings. The third-order valence-electron chi connectivity index (χ3n) is 6.67. The minimum absolute atomic E-state index is 0.656. The van der Waals surface area contributed by atoms with Crippen molar-refractivity contribution in [3.05, 3.63) is 65.9 Å². The third-order valence-corrected chi connectivity index (χ3v) is 6.67. The topological polar surface area (TPSA) is 64.8 Å². The second-order valence-corrected chi connectivity index (χ2v) is 8.74. The maximum absolute atomic E-state index is 9.18. The smallest absolute Gasteiger partial charge is 0.225 e. The highest BCUT2D eigenvalue weighted by molar-refractivity contribution is 5.81. The number of nitrogens with one attached hydrogen (secondary N) is 1. The van der Waals surface area contributed by atoms with Gasteiger partial charge in [0.2, 0.25) is 5.95 Å². The van der Waals surface area contributed by atoms with E-state index in [2.05, 4.69) is 47.5 Å². The van der Waals surface area contributed by atoms with E-state index in [0.29, 0.717) is 17.4 Å². The summed E-state index contributed by atoms with van der Waals surface area (Å²) in [5.41, 5.74) is 5.94. The zero-order valence-corrected chi connectivity index (χ0v) is 17.9. The van der Waals surface area contributed by atoms with Crippen LogP contribution in [0.2, 0.25) is 0 Å². The van der Waals surface area contributed by atoms with Crippen LogP contribution in [0.3, 0.4) is 0 Å². The normalized spacial score (nSPS) is 20.7. The van der Waals surface area contributed by atoms with Crippen molar-refractivity contribution in [2.45, 2.75) is 19.8 Å². The number of aryl methyl sites for hydroxylation is 1. The van der Waals surface area contributed by atoms with Crippen molar-refractivity contribution in [3.63, 3.8) is 0 Å². The quantitative estimate of drug-likeness (QED) is 0.693. The van der Waals surface area contributed by atoms with Crippen molar-refractivity contribution in [3.8, 4) is 28.5 Å². The Labute approximate surface area is 183 Å². The minimum Gasteiger partial charge on any atom is -0.340 e. The molecule has 5 nitrogen and oxygen atoms in total. The molecule has 156 valence electrons. The summed E-state index contributed by atoms with van der Waals surface area (Å²) in [4.78, 5) is 12.3. The molecular formula is C26H27N5. The van der Waals surface area contributed by atoms with E-state index in [1.807, 2.05) is 30.5 Å². The Morgan fingerprint density at radius 3 is 2.23 bits per heavy atom. The van der Waals surface area contributed by atoms with Gasteiger partial charge in [-0.1, -0.05) is 42.0 Å². The summed E-state index contributed by atoms with van der Waals surface area (Å²) < 4.78 is 0. The predicted molar refractivity (Wildman–Crippen MR) is 124 cm³/mol. The molecule has 31 heavy (non-hydrogen) atoms. The van der Waals surface area contributed by atoms with Gasteiger partial charge in [0.1, 0.15) is 0 Å². The molecule has 0 amide bonds. The van der Waals surface area contributed by atoms with Crippen LogP contribution < -0.4 is 10.2 Å². The minimum atomic E-state index is 0.656. The molecule has 1 aromatic heterocycles. The number of nitriles is 1. The first-order valence-electron chi connectivity index (χ1n) is 11.1. The van der Waals surface area contributed by atoms with E-state index in [1.54, 1.807) is 0 Å². The van der Waals surface area contributed by atoms with E-state index in [0.717, 1.165) is 54.5 Å². The first kappa shape index (κ1) is 19.7. The summed E-state index contributed by atoms with van der Waals surface area (Å²) >= 11 is 0. The molecule has 0 bridgehead atoms. The van der Waals surface area contributed by atoms with E-state index >= 15 is 0 Å². The van der Waals surface area contributed by atoms with Gasteiger partial charge in [-0.15, -0.1) is 0 Å². The van der Waals surface area contributed by atoms with Crippen LogP contribution in [0.15, 0.2) is 54.7 Å². The molecule has 2 fully saturated rings. The van der Waals surface area contributed by atoms with E-state index in [4.69, 9.17) is 9.97 Å². The monoisotopic (exact) mass is 409 g/mol. The fourth-order valence-corrected chi connectivity index (χ4v) is 4.85. The number of aromatic nitrogens is 2. The van der Waals surface area contributed by atoms with E-state index in [-0.39, 0.29) is 0 Å². The number of fused-ring (bicyclic) bond motifs is 1. The molecule has 1 N–H and O–H groups in total. The van der Waals surface area contributed by atoms with Gasteiger partial charge in [-0.25, -0.2) is 9.97 Å². The summed E-state index contributed by atoms with van der Waals surface area (Å²) in [5.74, 6) is 2.25. The van der Waals surface area contributed by atoms with Crippen molar-refractivity contribution in [2.24, 2.45) is 11.8 Å². The number of hydrogen-bond donors (Lipinski definition) is 1. The summed E-state index contributed by atoms with van der Waals surface area (Å²) in [6.07, 6.45) is 4.42. The first-order valence-corrected chi connectivity index (χ1v) is 11.1. The van der Waals surface area contributed by atoms with Crippen molar-refractivity contribution in [1.29, 1.82) is 5.26 Å². The number of hydrogen-bond acceptors (Lipinski definition) is 5. The highest BCUT2D eigenvalue weighted by Gasteiger charge is 2.34. The Kier molecular flexibility index (Phi) is 5.40. The Balaban J connectivity index is 1.54. The lowest BCUT2D eigenvalue weighted by Crippen LogP contribution is -2.25. The van der Waals surface area contributed by atoms with Crippen molar-refractivity contribution >= 4 is 5.95 Å². The molecule has 0 spiro atoms. The molecule has 0 radical (unpaired) electrons. The van der Waals surface area contributed by atoms with Crippen LogP contribution in [-0.4, -0.2) is 36.1 Å². The highest BCUT2D eigenvalue weighted by Crippen LogP contribution is 2.35. The van der Waals surface area contributed by atoms with Crippen LogP contribution in [0.1, 0.15) is 24.0 Å². The van der Waals surface area contributed by atoms with Crippen molar-refractivity contribution in [2.75, 3.05) is 31.1 Å². The average molecular weight is 410 g/mol. The van der Waals surface area contributed by atoms with E-state index < -0.39 is 0 Å². The molecule has 3 heterocycles. The van der Waals surface area contributed by atoms with Gasteiger partial charge in [0.05, 0.1) is 17.3 Å². The molecule has 5 heteroatoms. The molecule has 2 aliphatic heterocycles. The second kappa shape index (κ2) is 8.49. The number of rotatable bonds is 3. The lowest BCUT2D eigenvalue weighted by atomic mass is 9.92. The molecule has 5 rings (SSSR count). The van der Waals surface area contributed by atoms with E-state index in [1.165, 1.54) is 18.4 Å². The zero-order chi connectivity index (χ0) is 21.2. The van der Waals surface area contributed by atoms with Gasteiger partial charge < -0.3 is 10.2 Å². The summed E-state index contributed by atoms with van der Waals surface area (Å²) in [7, 11) is 0. The predicted octanol–water partition coefficient (Wildman–Crippen LogP) is 4.43. The van der Waals surface area contributed by atoms with Gasteiger partial charge >= 0.3 is 0 Å². The van der Waals surface area contributed by atoms with Crippen LogP contribution >= 0.6 is 0 Å². The highest BCUT2D eigenvalue weighted by atomic mass is 15.3. The largest absolute Gasteiger partial charge is 0.340 e. The fourth-order valence-electron chi connectivity index (χ4n) is 4.85. The lowest BCUT2D eigenvalue weighted by molar-refractivity contribution is 0.409. The first-order chi connectivity index (χ1) is 15.2. The molecule has 2 aromatic carbocycles. The number of anilines is 1. The molecule has 2 saturated heterocycles. The van der Waals surface area contributed by atoms with Crippen LogP contribution in [0.4, 0.5) is 5.95 Å². The van der Waals surface area contributed by atoms with Gasteiger partial charge in [-0.2, -0.15) is 5.26 Å². The van der Waals surface area contributed by atoms with Crippen LogP contribution in [-0.2, 0) is 0 Å². The fraction of sp³-hybridized carbons (Fsp3) is 0.346. The standard InChI is InChI=1S/C26H27N5/c1-18-2-6-20(7-3-18)24-15-29-26(30-25(24)21-8-4-19(14-27)5-9-21)31-16-22-10-12-28-13-11-23(22)17-31/h2-9,15,22-23,28H,10-13,16-17H2,1H3/t22-,23+. The SMILES string of the molecule is Cc1ccc(-c2cnc(N3C[C@H]4CCNCC[C@H]4C3)nc2-c2ccc(C#N)cc2)cc1. The Morgan fingerprint density at radius 1 is 0.935 bits per heavy atom. The summed E-state index contributed by atoms with van der Waals surface area (Å²) in [6.45, 7) is 6.37. The lowest BCUT2D eigenvalue weighted by Gasteiger charge is -2.19. The zero-order valence-electron chi connectivity index (χ0n) is 17.9. The van der Waals surface area contributed by atoms with Gasteiger partial charge in [0, 0.05) is 30.4 Å². The van der Waals surface area contributed by atoms with Crippen LogP contribution in [0.5, 0.6) is 0 Å². The van der Waals surface area contributed by atoms with Gasteiger partial charge in [-0.3, -0.25) is 0 Å². The maximum atomic E-state index is 9.18. The second-order valence-electron chi connectivity index (χ2n) is 8.74. The van der Waals surface area contributed by atoms with Crippen molar-refractivity contribution < 1.29 is 0 Å². The van der Waals surface area contributed by atoms with Gasteiger partial charge in [0.25, 0.3) is 0 Å². The Hall–Kier alpha value is -3.23. The summed E-state index contributed by atoms with van der Waals surface area (Å²) in [5, 5.41) is 12.7. The van der Waals surface area contributed by atoms with Crippen LogP contribution in [0.25, 0.3) is 22.4 Å². The molecular weight excluding hydrogens is 382 g/mol. The van der Waals surface area contributed by atoms with E-state index in [9.17, 15) is 5.26 Å². The molecule has 0 aliphatic carbocycles. The third kappa shape index (κ3) is 4.04. The maximum Gasteiger partial charge on any atom is 0.225 e. The summed E-state index contributed by atoms with van der Waals surface area (Å²) in [6, 6.07) is 18.4. The Morgan fingerprint density at radius 2 is 1.58 bits per heavy atom. The number of benzene rings is 2.